The minimum atomic E-state index is -3.76. The third-order valence-corrected chi connectivity index (χ3v) is 5.78. The maximum absolute atomic E-state index is 12.0. The van der Waals surface area contributed by atoms with E-state index in [1.165, 1.54) is 18.3 Å². The molecule has 0 saturated heterocycles. The summed E-state index contributed by atoms with van der Waals surface area (Å²) in [5, 5.41) is 22.3. The Labute approximate surface area is 164 Å². The second kappa shape index (κ2) is 6.77. The average Bonchev–Trinajstić information content (AvgIpc) is 3.48. The number of hydrogen-bond acceptors (Lipinski definition) is 7. The Morgan fingerprint density at radius 3 is 2.48 bits per heavy atom. The predicted octanol–water partition coefficient (Wildman–Crippen LogP) is 0.310. The zero-order valence-electron chi connectivity index (χ0n) is 14.8. The number of sulfonamides is 1. The van der Waals surface area contributed by atoms with Crippen molar-refractivity contribution in [2.45, 2.75) is 23.2 Å². The van der Waals surface area contributed by atoms with Crippen LogP contribution in [0.4, 0.5) is 0 Å². The van der Waals surface area contributed by atoms with Gasteiger partial charge in [0.25, 0.3) is 5.56 Å². The van der Waals surface area contributed by atoms with E-state index in [1.807, 2.05) is 6.07 Å². The van der Waals surface area contributed by atoms with Crippen LogP contribution in [0.3, 0.4) is 0 Å². The van der Waals surface area contributed by atoms with E-state index >= 15 is 0 Å². The molecule has 0 aliphatic heterocycles. The summed E-state index contributed by atoms with van der Waals surface area (Å²) in [4.78, 5) is 27.8. The highest BCUT2D eigenvalue weighted by atomic mass is 32.2. The predicted molar refractivity (Wildman–Crippen MR) is 101 cm³/mol. The Bertz CT molecular complexity index is 1370. The second-order valence-corrected chi connectivity index (χ2v) is 8.26. The Balaban J connectivity index is 1.68. The lowest BCUT2D eigenvalue weighted by molar-refractivity contribution is 0.598. The monoisotopic (exact) mass is 410 g/mol. The highest BCUT2D eigenvalue weighted by molar-refractivity contribution is 7.89. The molecule has 2 aromatic heterocycles. The number of hydrogen-bond donors (Lipinski definition) is 3. The SMILES string of the molecule is N#Cc1nnc(-c2c[nH]c(=O)[nH]c2=O)cc1[C@H]1C[C@@H]1c1ccc(S(N)(=O)=O)cc1. The lowest BCUT2D eigenvalue weighted by Gasteiger charge is -2.06. The van der Waals surface area contributed by atoms with Crippen molar-refractivity contribution in [2.75, 3.05) is 0 Å². The summed E-state index contributed by atoms with van der Waals surface area (Å²) in [6.07, 6.45) is 1.98. The molecule has 1 aliphatic carbocycles. The molecular weight excluding hydrogens is 396 g/mol. The summed E-state index contributed by atoms with van der Waals surface area (Å²) < 4.78 is 22.8. The number of benzene rings is 1. The number of nitrogens with zero attached hydrogens (tertiary/aromatic N) is 3. The molecule has 1 fully saturated rings. The molecule has 10 nitrogen and oxygen atoms in total. The number of nitriles is 1. The van der Waals surface area contributed by atoms with Crippen molar-refractivity contribution in [1.29, 1.82) is 5.26 Å². The van der Waals surface area contributed by atoms with E-state index in [-0.39, 0.29) is 33.7 Å². The molecule has 0 bridgehead atoms. The van der Waals surface area contributed by atoms with E-state index < -0.39 is 21.3 Å². The Kier molecular flexibility index (Phi) is 4.37. The molecule has 1 aromatic carbocycles. The van der Waals surface area contributed by atoms with Crippen molar-refractivity contribution in [1.82, 2.24) is 20.2 Å². The maximum Gasteiger partial charge on any atom is 0.325 e. The van der Waals surface area contributed by atoms with Gasteiger partial charge in [0.1, 0.15) is 11.8 Å². The third-order valence-electron chi connectivity index (χ3n) is 4.85. The Morgan fingerprint density at radius 1 is 1.14 bits per heavy atom. The van der Waals surface area contributed by atoms with E-state index in [0.717, 1.165) is 12.0 Å². The van der Waals surface area contributed by atoms with Crippen LogP contribution in [0.2, 0.25) is 0 Å². The van der Waals surface area contributed by atoms with Gasteiger partial charge in [-0.3, -0.25) is 9.78 Å². The van der Waals surface area contributed by atoms with Gasteiger partial charge >= 0.3 is 5.69 Å². The lowest BCUT2D eigenvalue weighted by Crippen LogP contribution is -2.23. The standard InChI is InChI=1S/C18H14N6O4S/c19-7-16-13(6-15(23-24-16)14-8-21-18(26)22-17(14)25)12-5-11(12)9-1-3-10(4-2-9)29(20,27)28/h1-4,6,8,11-12H,5H2,(H2,20,27,28)(H2,21,22,25,26)/t11-,12+/m1/s1. The number of nitrogens with two attached hydrogens (primary N) is 1. The molecule has 3 aromatic rings. The van der Waals surface area contributed by atoms with Crippen LogP contribution in [0.1, 0.15) is 35.1 Å². The van der Waals surface area contributed by atoms with Gasteiger partial charge in [-0.05, 0) is 47.6 Å². The maximum atomic E-state index is 12.0. The average molecular weight is 410 g/mol. The van der Waals surface area contributed by atoms with Crippen LogP contribution in [0.15, 0.2) is 51.0 Å². The largest absolute Gasteiger partial charge is 0.325 e. The number of aromatic amines is 2. The fourth-order valence-corrected chi connectivity index (χ4v) is 3.83. The molecule has 11 heteroatoms. The second-order valence-electron chi connectivity index (χ2n) is 6.69. The quantitative estimate of drug-likeness (QED) is 0.554. The Morgan fingerprint density at radius 2 is 1.86 bits per heavy atom. The molecule has 0 radical (unpaired) electrons. The van der Waals surface area contributed by atoms with Gasteiger partial charge in [-0.2, -0.15) is 5.26 Å². The van der Waals surface area contributed by atoms with Gasteiger partial charge in [0.05, 0.1) is 10.5 Å². The molecule has 29 heavy (non-hydrogen) atoms. The molecule has 4 N–H and O–H groups in total. The molecule has 0 spiro atoms. The molecule has 1 aliphatic rings. The van der Waals surface area contributed by atoms with E-state index in [4.69, 9.17) is 5.14 Å². The van der Waals surface area contributed by atoms with E-state index in [9.17, 15) is 23.3 Å². The molecular formula is C18H14N6O4S. The van der Waals surface area contributed by atoms with Crippen LogP contribution < -0.4 is 16.4 Å². The molecule has 0 amide bonds. The Hall–Kier alpha value is -3.62. The van der Waals surface area contributed by atoms with Gasteiger partial charge in [0.2, 0.25) is 10.0 Å². The molecule has 1 saturated carbocycles. The van der Waals surface area contributed by atoms with Crippen molar-refractivity contribution in [2.24, 2.45) is 5.14 Å². The number of primary sulfonamides is 1. The smallest absolute Gasteiger partial charge is 0.313 e. The highest BCUT2D eigenvalue weighted by Crippen LogP contribution is 2.55. The number of aromatic nitrogens is 4. The zero-order chi connectivity index (χ0) is 20.8. The first-order chi connectivity index (χ1) is 13.8. The van der Waals surface area contributed by atoms with Crippen LogP contribution in [-0.2, 0) is 10.0 Å². The van der Waals surface area contributed by atoms with Gasteiger partial charge in [-0.1, -0.05) is 12.1 Å². The van der Waals surface area contributed by atoms with Crippen molar-refractivity contribution in [3.63, 3.8) is 0 Å². The number of nitrogens with one attached hydrogen (secondary N) is 2. The normalized spacial score (nSPS) is 18.2. The molecule has 2 atom stereocenters. The summed E-state index contributed by atoms with van der Waals surface area (Å²) in [7, 11) is -3.76. The summed E-state index contributed by atoms with van der Waals surface area (Å²) in [5.41, 5.74) is 0.845. The molecule has 146 valence electrons. The summed E-state index contributed by atoms with van der Waals surface area (Å²) in [6.45, 7) is 0. The van der Waals surface area contributed by atoms with Gasteiger partial charge in [-0.25, -0.2) is 18.4 Å². The van der Waals surface area contributed by atoms with E-state index in [1.54, 1.807) is 18.2 Å². The van der Waals surface area contributed by atoms with Gasteiger partial charge in [-0.15, -0.1) is 10.2 Å². The molecule has 2 heterocycles. The van der Waals surface area contributed by atoms with Crippen molar-refractivity contribution in [3.05, 3.63) is 74.2 Å². The number of H-pyrrole nitrogens is 2. The van der Waals surface area contributed by atoms with E-state index in [2.05, 4.69) is 20.2 Å². The lowest BCUT2D eigenvalue weighted by atomic mass is 10.0. The first-order valence-corrected chi connectivity index (χ1v) is 10.1. The fraction of sp³-hybridized carbons (Fsp3) is 0.167. The zero-order valence-corrected chi connectivity index (χ0v) is 15.6. The van der Waals surface area contributed by atoms with Crippen molar-refractivity contribution < 1.29 is 8.42 Å². The highest BCUT2D eigenvalue weighted by Gasteiger charge is 2.41. The first kappa shape index (κ1) is 18.7. The van der Waals surface area contributed by atoms with Crippen LogP contribution in [-0.4, -0.2) is 28.6 Å². The van der Waals surface area contributed by atoms with Crippen molar-refractivity contribution in [3.8, 4) is 17.3 Å². The fourth-order valence-electron chi connectivity index (χ4n) is 3.32. The summed E-state index contributed by atoms with van der Waals surface area (Å²) in [5.74, 6) is 0.0450. The van der Waals surface area contributed by atoms with Gasteiger partial charge in [0.15, 0.2) is 5.69 Å². The van der Waals surface area contributed by atoms with Crippen LogP contribution in [0.5, 0.6) is 0 Å². The first-order valence-electron chi connectivity index (χ1n) is 8.51. The van der Waals surface area contributed by atoms with Gasteiger partial charge < -0.3 is 4.98 Å². The van der Waals surface area contributed by atoms with Gasteiger partial charge in [0, 0.05) is 6.20 Å². The van der Waals surface area contributed by atoms with E-state index in [0.29, 0.717) is 5.56 Å². The summed E-state index contributed by atoms with van der Waals surface area (Å²) >= 11 is 0. The molecule has 0 unspecified atom stereocenters. The summed E-state index contributed by atoms with van der Waals surface area (Å²) in [6, 6.07) is 9.91. The topological polar surface area (TPSA) is 175 Å². The molecule has 4 rings (SSSR count). The third kappa shape index (κ3) is 3.58. The van der Waals surface area contributed by atoms with Crippen LogP contribution in [0, 0.1) is 11.3 Å². The van der Waals surface area contributed by atoms with Crippen LogP contribution >= 0.6 is 0 Å². The van der Waals surface area contributed by atoms with Crippen molar-refractivity contribution >= 4 is 10.0 Å². The number of rotatable bonds is 4. The minimum Gasteiger partial charge on any atom is -0.313 e. The van der Waals surface area contributed by atoms with Crippen LogP contribution in [0.25, 0.3) is 11.3 Å². The minimum absolute atomic E-state index is 0.0268.